The second kappa shape index (κ2) is 7.05. The van der Waals surface area contributed by atoms with E-state index in [4.69, 9.17) is 16.3 Å². The molecule has 2 radical (unpaired) electrons. The molecule has 7 heavy (non-hydrogen) atoms. The molecule has 0 saturated carbocycles. The van der Waals surface area contributed by atoms with Gasteiger partial charge in [-0.3, -0.25) is 0 Å². The van der Waals surface area contributed by atoms with Crippen molar-refractivity contribution >= 4 is 34.1 Å². The van der Waals surface area contributed by atoms with Crippen LogP contribution in [0.2, 0.25) is 4.44 Å². The molecule has 0 saturated heterocycles. The Morgan fingerprint density at radius 1 is 1.43 bits per heavy atom. The van der Waals surface area contributed by atoms with Crippen LogP contribution in [-0.4, -0.2) is 41.6 Å². The Morgan fingerprint density at radius 2 is 2.14 bits per heavy atom. The molecule has 0 aliphatic rings. The van der Waals surface area contributed by atoms with Gasteiger partial charge in [0.15, 0.2) is 0 Å². The first-order chi connectivity index (χ1) is 3.41. The number of hydrogen-bond acceptors (Lipinski definition) is 1. The summed E-state index contributed by atoms with van der Waals surface area (Å²) in [5.41, 5.74) is 0. The van der Waals surface area contributed by atoms with E-state index in [-0.39, 0.29) is 0 Å². The molecule has 0 aliphatic heterocycles. The third-order valence-electron chi connectivity index (χ3n) is 0.484. The van der Waals surface area contributed by atoms with E-state index in [1.807, 2.05) is 0 Å². The molecular formula is C4H9ClOSn. The van der Waals surface area contributed by atoms with Gasteiger partial charge in [0.25, 0.3) is 0 Å². The second-order valence-corrected chi connectivity index (χ2v) is 3.12. The number of ether oxygens (including phenoxy) is 1. The first-order valence-electron chi connectivity index (χ1n) is 2.25. The molecule has 0 amide bonds. The van der Waals surface area contributed by atoms with E-state index in [1.165, 1.54) is 27.0 Å². The zero-order valence-electron chi connectivity index (χ0n) is 4.19. The van der Waals surface area contributed by atoms with E-state index < -0.39 is 0 Å². The van der Waals surface area contributed by atoms with Crippen molar-refractivity contribution in [3.63, 3.8) is 0 Å². The van der Waals surface area contributed by atoms with Gasteiger partial charge in [0.05, 0.1) is 0 Å². The van der Waals surface area contributed by atoms with Gasteiger partial charge in [-0.1, -0.05) is 0 Å². The molecule has 0 bridgehead atoms. The fourth-order valence-corrected chi connectivity index (χ4v) is 0.825. The monoisotopic (exact) mass is 228 g/mol. The van der Waals surface area contributed by atoms with Gasteiger partial charge in [0, 0.05) is 0 Å². The van der Waals surface area contributed by atoms with Gasteiger partial charge in [-0.25, -0.2) is 0 Å². The van der Waals surface area contributed by atoms with E-state index in [2.05, 4.69) is 0 Å². The van der Waals surface area contributed by atoms with Crippen molar-refractivity contribution in [2.45, 2.75) is 4.44 Å². The fourth-order valence-electron chi connectivity index (χ4n) is 0.240. The van der Waals surface area contributed by atoms with E-state index in [1.54, 1.807) is 0 Å². The van der Waals surface area contributed by atoms with Crippen molar-refractivity contribution < 1.29 is 4.74 Å². The van der Waals surface area contributed by atoms with Gasteiger partial charge in [0.1, 0.15) is 0 Å². The Morgan fingerprint density at radius 3 is 2.57 bits per heavy atom. The summed E-state index contributed by atoms with van der Waals surface area (Å²) >= 11 is 6.61. The molecule has 0 aliphatic carbocycles. The van der Waals surface area contributed by atoms with E-state index in [0.717, 1.165) is 6.61 Å². The van der Waals surface area contributed by atoms with Crippen LogP contribution in [0, 0.1) is 0 Å². The normalized spacial score (nSPS) is 9.43. The van der Waals surface area contributed by atoms with Crippen LogP contribution in [0.4, 0.5) is 0 Å². The van der Waals surface area contributed by atoms with Crippen LogP contribution in [0.5, 0.6) is 0 Å². The third kappa shape index (κ3) is 7.05. The quantitative estimate of drug-likeness (QED) is 0.387. The topological polar surface area (TPSA) is 9.23 Å². The van der Waals surface area contributed by atoms with Crippen LogP contribution in [0.25, 0.3) is 0 Å². The molecule has 42 valence electrons. The SMILES string of the molecule is ClCCOC[CH2][SnH]. The third-order valence-corrected chi connectivity index (χ3v) is 1.31. The standard InChI is InChI=1S/C4H8ClO.Sn.H/c1-2-6-4-3-5;;/h1-4H2;;. The Balaban J connectivity index is 2.45. The predicted molar refractivity (Wildman–Crippen MR) is 33.5 cm³/mol. The molecule has 0 N–H and O–H groups in total. The Kier molecular flexibility index (Phi) is 8.10. The fraction of sp³-hybridized carbons (Fsp3) is 1.00. The van der Waals surface area contributed by atoms with Gasteiger partial charge >= 0.3 is 62.4 Å². The Hall–Kier alpha value is 1.05. The summed E-state index contributed by atoms with van der Waals surface area (Å²) in [4.78, 5) is 0. The van der Waals surface area contributed by atoms with Gasteiger partial charge in [-0.15, -0.1) is 0 Å². The van der Waals surface area contributed by atoms with Gasteiger partial charge < -0.3 is 0 Å². The van der Waals surface area contributed by atoms with Crippen LogP contribution in [0.1, 0.15) is 0 Å². The molecule has 1 nitrogen and oxygen atoms in total. The number of alkyl halides is 1. The minimum absolute atomic E-state index is 0.626. The molecule has 0 fully saturated rings. The molecule has 3 heteroatoms. The van der Waals surface area contributed by atoms with Crippen LogP contribution in [0.3, 0.4) is 0 Å². The molecule has 0 heterocycles. The Labute approximate surface area is 62.5 Å². The van der Waals surface area contributed by atoms with Crippen molar-refractivity contribution in [3.05, 3.63) is 0 Å². The van der Waals surface area contributed by atoms with Crippen LogP contribution >= 0.6 is 11.6 Å². The number of rotatable bonds is 4. The maximum atomic E-state index is 5.32. The van der Waals surface area contributed by atoms with Crippen molar-refractivity contribution in [3.8, 4) is 0 Å². The zero-order chi connectivity index (χ0) is 5.54. The average molecular weight is 227 g/mol. The summed E-state index contributed by atoms with van der Waals surface area (Å²) in [7, 11) is 0. The molecular weight excluding hydrogens is 218 g/mol. The maximum absolute atomic E-state index is 5.32. The average Bonchev–Trinajstić information content (AvgIpc) is 1.69. The summed E-state index contributed by atoms with van der Waals surface area (Å²) in [6.07, 6.45) is 0. The summed E-state index contributed by atoms with van der Waals surface area (Å²) in [6.45, 7) is 1.61. The van der Waals surface area contributed by atoms with Crippen LogP contribution in [0.15, 0.2) is 0 Å². The summed E-state index contributed by atoms with van der Waals surface area (Å²) in [5.74, 6) is 0.626. The van der Waals surface area contributed by atoms with E-state index >= 15 is 0 Å². The first kappa shape index (κ1) is 8.05. The first-order valence-corrected chi connectivity index (χ1v) is 5.12. The summed E-state index contributed by atoms with van der Waals surface area (Å²) in [6, 6.07) is 0. The summed E-state index contributed by atoms with van der Waals surface area (Å²) < 4.78 is 6.24. The Bertz CT molecular complexity index is 30.9. The number of hydrogen-bond donors (Lipinski definition) is 0. The molecule has 0 spiro atoms. The molecule has 0 aromatic carbocycles. The summed E-state index contributed by atoms with van der Waals surface area (Å²) in [5, 5.41) is 0. The van der Waals surface area contributed by atoms with Crippen molar-refractivity contribution in [1.29, 1.82) is 0 Å². The van der Waals surface area contributed by atoms with E-state index in [9.17, 15) is 0 Å². The van der Waals surface area contributed by atoms with Crippen LogP contribution in [-0.2, 0) is 4.74 Å². The van der Waals surface area contributed by atoms with Crippen molar-refractivity contribution in [2.75, 3.05) is 19.1 Å². The molecule has 0 aromatic heterocycles. The van der Waals surface area contributed by atoms with Crippen LogP contribution < -0.4 is 0 Å². The minimum atomic E-state index is 0.626. The molecule has 0 atom stereocenters. The van der Waals surface area contributed by atoms with Crippen molar-refractivity contribution in [1.82, 2.24) is 0 Å². The predicted octanol–water partition coefficient (Wildman–Crippen LogP) is 0.561. The van der Waals surface area contributed by atoms with E-state index in [0.29, 0.717) is 12.5 Å². The number of halogens is 1. The van der Waals surface area contributed by atoms with Gasteiger partial charge in [-0.2, -0.15) is 0 Å². The second-order valence-electron chi connectivity index (χ2n) is 1.09. The molecule has 0 unspecified atom stereocenters. The van der Waals surface area contributed by atoms with Crippen molar-refractivity contribution in [2.24, 2.45) is 0 Å². The van der Waals surface area contributed by atoms with Gasteiger partial charge in [0.2, 0.25) is 0 Å². The van der Waals surface area contributed by atoms with Gasteiger partial charge in [-0.05, 0) is 0 Å². The molecule has 0 aromatic rings. The molecule has 0 rings (SSSR count). The zero-order valence-corrected chi connectivity index (χ0v) is 8.24.